The van der Waals surface area contributed by atoms with Gasteiger partial charge in [0.2, 0.25) is 0 Å². The van der Waals surface area contributed by atoms with Crippen LogP contribution < -0.4 is 19.7 Å². The molecule has 0 bridgehead atoms. The van der Waals surface area contributed by atoms with Gasteiger partial charge in [-0.15, -0.1) is 0 Å². The van der Waals surface area contributed by atoms with Crippen LogP contribution in [0.2, 0.25) is 0 Å². The molecule has 1 heterocycles. The number of carbonyl (C=O) groups excluding carboxylic acids is 1. The fourth-order valence-corrected chi connectivity index (χ4v) is 3.34. The molecule has 0 radical (unpaired) electrons. The van der Waals surface area contributed by atoms with Crippen LogP contribution in [0.4, 0.5) is 16.2 Å². The van der Waals surface area contributed by atoms with E-state index in [1.54, 1.807) is 0 Å². The lowest BCUT2D eigenvalue weighted by atomic mass is 10.2. The van der Waals surface area contributed by atoms with Crippen LogP contribution in [-0.4, -0.2) is 49.3 Å². The van der Waals surface area contributed by atoms with Gasteiger partial charge in [0.1, 0.15) is 11.5 Å². The zero-order chi connectivity index (χ0) is 20.8. The van der Waals surface area contributed by atoms with Crippen molar-refractivity contribution in [1.29, 1.82) is 0 Å². The van der Waals surface area contributed by atoms with Gasteiger partial charge in [0.05, 0.1) is 23.6 Å². The van der Waals surface area contributed by atoms with Crippen molar-refractivity contribution in [1.82, 2.24) is 4.90 Å². The van der Waals surface area contributed by atoms with Crippen molar-refractivity contribution in [3.8, 4) is 11.5 Å². The van der Waals surface area contributed by atoms with Gasteiger partial charge >= 0.3 is 6.03 Å². The molecule has 1 N–H and O–H groups in total. The summed E-state index contributed by atoms with van der Waals surface area (Å²) < 4.78 is 11.7. The number of piperazine rings is 1. The number of urea groups is 1. The highest BCUT2D eigenvalue weighted by molar-refractivity contribution is 5.91. The fraction of sp³-hybridized carbons (Fsp3) is 0.435. The van der Waals surface area contributed by atoms with Gasteiger partial charge < -0.3 is 24.6 Å². The number of nitrogens with zero attached hydrogens (tertiary/aromatic N) is 2. The zero-order valence-electron chi connectivity index (χ0n) is 17.7. The topological polar surface area (TPSA) is 54.0 Å². The van der Waals surface area contributed by atoms with E-state index in [1.807, 2.05) is 75.1 Å². The minimum Gasteiger partial charge on any atom is -0.489 e. The molecule has 29 heavy (non-hydrogen) atoms. The number of ether oxygens (including phenoxy) is 2. The Bertz CT molecular complexity index is 815. The average Bonchev–Trinajstić information content (AvgIpc) is 2.69. The predicted octanol–water partition coefficient (Wildman–Crippen LogP) is 4.62. The first-order valence-electron chi connectivity index (χ1n) is 10.3. The molecule has 6 heteroatoms. The summed E-state index contributed by atoms with van der Waals surface area (Å²) in [5.41, 5.74) is 1.78. The van der Waals surface area contributed by atoms with Gasteiger partial charge in [0.15, 0.2) is 0 Å². The number of nitrogens with one attached hydrogen (secondary N) is 1. The summed E-state index contributed by atoms with van der Waals surface area (Å²) in [5.74, 6) is 1.58. The van der Waals surface area contributed by atoms with Crippen LogP contribution in [0.25, 0.3) is 0 Å². The fourth-order valence-electron chi connectivity index (χ4n) is 3.34. The number of rotatable bonds is 6. The van der Waals surface area contributed by atoms with E-state index in [1.165, 1.54) is 0 Å². The third-order valence-corrected chi connectivity index (χ3v) is 4.63. The lowest BCUT2D eigenvalue weighted by Crippen LogP contribution is -2.50. The second kappa shape index (κ2) is 9.54. The summed E-state index contributed by atoms with van der Waals surface area (Å²) in [4.78, 5) is 16.9. The number of benzene rings is 2. The van der Waals surface area contributed by atoms with Crippen LogP contribution in [0, 0.1) is 0 Å². The highest BCUT2D eigenvalue weighted by Gasteiger charge is 2.24. The molecule has 1 aliphatic heterocycles. The van der Waals surface area contributed by atoms with Crippen molar-refractivity contribution in [2.45, 2.75) is 39.9 Å². The van der Waals surface area contributed by atoms with Crippen molar-refractivity contribution in [3.05, 3.63) is 48.5 Å². The van der Waals surface area contributed by atoms with E-state index in [0.717, 1.165) is 24.5 Å². The van der Waals surface area contributed by atoms with Crippen LogP contribution >= 0.6 is 0 Å². The van der Waals surface area contributed by atoms with Gasteiger partial charge in [0.25, 0.3) is 0 Å². The minimum atomic E-state index is -0.101. The molecule has 0 saturated carbocycles. The summed E-state index contributed by atoms with van der Waals surface area (Å²) in [6, 6.07) is 15.5. The summed E-state index contributed by atoms with van der Waals surface area (Å²) >= 11 is 0. The van der Waals surface area contributed by atoms with Crippen molar-refractivity contribution in [2.75, 3.05) is 36.4 Å². The van der Waals surface area contributed by atoms with Gasteiger partial charge in [-0.3, -0.25) is 0 Å². The maximum absolute atomic E-state index is 12.8. The number of hydrogen-bond donors (Lipinski definition) is 1. The Hall–Kier alpha value is -2.89. The van der Waals surface area contributed by atoms with Crippen molar-refractivity contribution in [2.24, 2.45) is 0 Å². The van der Waals surface area contributed by atoms with E-state index in [-0.39, 0.29) is 18.2 Å². The Morgan fingerprint density at radius 2 is 1.38 bits per heavy atom. The maximum Gasteiger partial charge on any atom is 0.322 e. The van der Waals surface area contributed by atoms with E-state index in [2.05, 4.69) is 16.3 Å². The van der Waals surface area contributed by atoms with E-state index >= 15 is 0 Å². The number of amides is 2. The smallest absolute Gasteiger partial charge is 0.322 e. The molecule has 0 aliphatic carbocycles. The number of para-hydroxylation sites is 4. The van der Waals surface area contributed by atoms with E-state index in [0.29, 0.717) is 24.5 Å². The van der Waals surface area contributed by atoms with Crippen LogP contribution in [0.1, 0.15) is 27.7 Å². The molecule has 3 rings (SSSR count). The molecule has 1 aliphatic rings. The predicted molar refractivity (Wildman–Crippen MR) is 117 cm³/mol. The Morgan fingerprint density at radius 3 is 2.03 bits per heavy atom. The molecule has 0 atom stereocenters. The number of carbonyl (C=O) groups is 1. The van der Waals surface area contributed by atoms with Gasteiger partial charge in [0, 0.05) is 26.2 Å². The minimum absolute atomic E-state index is 0.0460. The van der Waals surface area contributed by atoms with Crippen LogP contribution in [0.5, 0.6) is 11.5 Å². The van der Waals surface area contributed by atoms with Gasteiger partial charge in [-0.1, -0.05) is 24.3 Å². The lowest BCUT2D eigenvalue weighted by Gasteiger charge is -2.36. The zero-order valence-corrected chi connectivity index (χ0v) is 17.7. The quantitative estimate of drug-likeness (QED) is 0.773. The molecule has 1 fully saturated rings. The summed E-state index contributed by atoms with van der Waals surface area (Å²) in [6.45, 7) is 10.8. The molecule has 156 valence electrons. The largest absolute Gasteiger partial charge is 0.489 e. The molecular formula is C23H31N3O3. The van der Waals surface area contributed by atoms with Crippen LogP contribution in [-0.2, 0) is 0 Å². The third kappa shape index (κ3) is 5.56. The second-order valence-corrected chi connectivity index (χ2v) is 7.70. The molecule has 1 saturated heterocycles. The lowest BCUT2D eigenvalue weighted by molar-refractivity contribution is 0.207. The molecule has 6 nitrogen and oxygen atoms in total. The standard InChI is InChI=1S/C23H31N3O3/c1-17(2)28-21-11-7-5-9-19(21)24-23(27)26-15-13-25(14-16-26)20-10-6-8-12-22(20)29-18(3)4/h5-12,17-18H,13-16H2,1-4H3,(H,24,27). The molecule has 2 aromatic carbocycles. The van der Waals surface area contributed by atoms with E-state index < -0.39 is 0 Å². The maximum atomic E-state index is 12.8. The third-order valence-electron chi connectivity index (χ3n) is 4.63. The SMILES string of the molecule is CC(C)Oc1ccccc1NC(=O)N1CCN(c2ccccc2OC(C)C)CC1. The van der Waals surface area contributed by atoms with E-state index in [4.69, 9.17) is 9.47 Å². The second-order valence-electron chi connectivity index (χ2n) is 7.70. The highest BCUT2D eigenvalue weighted by Crippen LogP contribution is 2.30. The molecule has 2 aromatic rings. The molecule has 0 aromatic heterocycles. The summed E-state index contributed by atoms with van der Waals surface area (Å²) in [5, 5.41) is 3.00. The van der Waals surface area contributed by atoms with Crippen LogP contribution in [0.15, 0.2) is 48.5 Å². The Balaban J connectivity index is 1.61. The summed E-state index contributed by atoms with van der Waals surface area (Å²) in [7, 11) is 0. The van der Waals surface area contributed by atoms with Gasteiger partial charge in [-0.2, -0.15) is 0 Å². The molecular weight excluding hydrogens is 366 g/mol. The normalized spacial score (nSPS) is 14.3. The first-order valence-corrected chi connectivity index (χ1v) is 10.3. The molecule has 0 spiro atoms. The molecule has 0 unspecified atom stereocenters. The van der Waals surface area contributed by atoms with Gasteiger partial charge in [-0.05, 0) is 52.0 Å². The summed E-state index contributed by atoms with van der Waals surface area (Å²) in [6.07, 6.45) is 0.168. The van der Waals surface area contributed by atoms with Crippen molar-refractivity contribution < 1.29 is 14.3 Å². The first kappa shape index (κ1) is 20.8. The molecule has 2 amide bonds. The van der Waals surface area contributed by atoms with Crippen LogP contribution in [0.3, 0.4) is 0 Å². The Labute approximate surface area is 173 Å². The Kier molecular flexibility index (Phi) is 6.86. The number of hydrogen-bond acceptors (Lipinski definition) is 4. The average molecular weight is 398 g/mol. The monoisotopic (exact) mass is 397 g/mol. The van der Waals surface area contributed by atoms with Gasteiger partial charge in [-0.25, -0.2) is 4.79 Å². The number of anilines is 2. The highest BCUT2D eigenvalue weighted by atomic mass is 16.5. The van der Waals surface area contributed by atoms with Crippen molar-refractivity contribution in [3.63, 3.8) is 0 Å². The van der Waals surface area contributed by atoms with E-state index in [9.17, 15) is 4.79 Å². The van der Waals surface area contributed by atoms with Crippen molar-refractivity contribution >= 4 is 17.4 Å². The Morgan fingerprint density at radius 1 is 0.828 bits per heavy atom. The first-order chi connectivity index (χ1) is 13.9.